The number of halogens is 3. The highest BCUT2D eigenvalue weighted by atomic mass is 32.1. The largest absolute Gasteiger partial charge is 0.416 e. The second-order valence-electron chi connectivity index (χ2n) is 7.05. The number of nitrogens with zero attached hydrogens (tertiary/aromatic N) is 2. The van der Waals surface area contributed by atoms with Crippen molar-refractivity contribution in [1.29, 1.82) is 0 Å². The minimum atomic E-state index is -4.34. The zero-order chi connectivity index (χ0) is 21.3. The van der Waals surface area contributed by atoms with E-state index in [0.29, 0.717) is 24.5 Å². The number of carbonyl (C=O) groups excluding carboxylic acids is 1. The number of amides is 1. The topological polar surface area (TPSA) is 92.9 Å². The van der Waals surface area contributed by atoms with Crippen molar-refractivity contribution < 1.29 is 18.0 Å². The van der Waals surface area contributed by atoms with Crippen LogP contribution in [0.1, 0.15) is 16.7 Å². The second-order valence-corrected chi connectivity index (χ2v) is 8.03. The first kappa shape index (κ1) is 20.3. The number of benzene rings is 2. The molecule has 2 aromatic carbocycles. The van der Waals surface area contributed by atoms with Gasteiger partial charge < -0.3 is 16.4 Å². The summed E-state index contributed by atoms with van der Waals surface area (Å²) in [6.07, 6.45) is -3.56. The van der Waals surface area contributed by atoms with Gasteiger partial charge in [-0.05, 0) is 47.9 Å². The summed E-state index contributed by atoms with van der Waals surface area (Å²) in [4.78, 5) is 11.5. The van der Waals surface area contributed by atoms with E-state index >= 15 is 0 Å². The maximum Gasteiger partial charge on any atom is 0.416 e. The van der Waals surface area contributed by atoms with Gasteiger partial charge in [-0.2, -0.15) is 13.2 Å². The van der Waals surface area contributed by atoms with Gasteiger partial charge in [0.15, 0.2) is 0 Å². The molecule has 4 rings (SSSR count). The van der Waals surface area contributed by atoms with Gasteiger partial charge in [0.05, 0.1) is 12.0 Å². The fourth-order valence-electron chi connectivity index (χ4n) is 3.20. The van der Waals surface area contributed by atoms with Crippen molar-refractivity contribution in [2.24, 2.45) is 5.73 Å². The van der Waals surface area contributed by atoms with E-state index in [2.05, 4.69) is 20.8 Å². The standard InChI is InChI=1S/C20H18F3N5OS/c21-20(22,23)14-4-1-11(2-5-14)7-15(24)10-25-19-28-27-18(30-19)12-3-6-16-13(8-12)9-17(29)26-16/h1-6,8,15H,7,9-10,24H2,(H,25,28)(H,26,29)/t15-/m1/s1. The number of hydrogen-bond acceptors (Lipinski definition) is 6. The minimum Gasteiger partial charge on any atom is -0.359 e. The molecule has 0 saturated carbocycles. The Morgan fingerprint density at radius 3 is 2.67 bits per heavy atom. The van der Waals surface area contributed by atoms with Gasteiger partial charge in [0, 0.05) is 23.8 Å². The Morgan fingerprint density at radius 2 is 1.93 bits per heavy atom. The Kier molecular flexibility index (Phi) is 5.44. The summed E-state index contributed by atoms with van der Waals surface area (Å²) in [5.74, 6) is -0.0243. The maximum absolute atomic E-state index is 12.6. The van der Waals surface area contributed by atoms with Crippen LogP contribution in [-0.4, -0.2) is 28.7 Å². The third-order valence-corrected chi connectivity index (χ3v) is 5.63. The molecule has 0 radical (unpaired) electrons. The van der Waals surface area contributed by atoms with Gasteiger partial charge in [-0.25, -0.2) is 0 Å². The molecule has 3 aromatic rings. The van der Waals surface area contributed by atoms with Crippen molar-refractivity contribution in [3.63, 3.8) is 0 Å². The number of aromatic nitrogens is 2. The zero-order valence-electron chi connectivity index (χ0n) is 15.7. The van der Waals surface area contributed by atoms with Crippen LogP contribution in [0.2, 0.25) is 0 Å². The SMILES string of the molecule is N[C@@H](CNc1nnc(-c2ccc3c(c2)CC(=O)N3)s1)Cc1ccc(C(F)(F)F)cc1. The molecule has 30 heavy (non-hydrogen) atoms. The summed E-state index contributed by atoms with van der Waals surface area (Å²) in [5, 5.41) is 15.5. The van der Waals surface area contributed by atoms with E-state index in [0.717, 1.165) is 39.5 Å². The Balaban J connectivity index is 1.33. The predicted octanol–water partition coefficient (Wildman–Crippen LogP) is 3.70. The monoisotopic (exact) mass is 433 g/mol. The third-order valence-electron chi connectivity index (χ3n) is 4.70. The average molecular weight is 433 g/mol. The molecule has 1 aliphatic rings. The zero-order valence-corrected chi connectivity index (χ0v) is 16.5. The van der Waals surface area contributed by atoms with Crippen molar-refractivity contribution in [1.82, 2.24) is 10.2 Å². The second kappa shape index (κ2) is 8.04. The van der Waals surface area contributed by atoms with Crippen LogP contribution in [0.3, 0.4) is 0 Å². The average Bonchev–Trinajstić information content (AvgIpc) is 3.31. The number of hydrogen-bond donors (Lipinski definition) is 3. The molecule has 0 fully saturated rings. The van der Waals surface area contributed by atoms with Crippen LogP contribution < -0.4 is 16.4 Å². The number of alkyl halides is 3. The molecule has 1 atom stereocenters. The van der Waals surface area contributed by atoms with Gasteiger partial charge in [-0.3, -0.25) is 4.79 Å². The predicted molar refractivity (Wildman–Crippen MR) is 109 cm³/mol. The summed E-state index contributed by atoms with van der Waals surface area (Å²) in [6.45, 7) is 0.401. The first-order valence-electron chi connectivity index (χ1n) is 9.20. The Bertz CT molecular complexity index is 1070. The normalized spacial score (nSPS) is 14.3. The molecule has 1 aromatic heterocycles. The van der Waals surface area contributed by atoms with Crippen molar-refractivity contribution >= 4 is 28.1 Å². The molecule has 2 heterocycles. The molecule has 156 valence electrons. The summed E-state index contributed by atoms with van der Waals surface area (Å²) in [6, 6.07) is 10.4. The van der Waals surface area contributed by atoms with Crippen molar-refractivity contribution in [3.8, 4) is 10.6 Å². The maximum atomic E-state index is 12.6. The van der Waals surface area contributed by atoms with Crippen LogP contribution in [0.15, 0.2) is 42.5 Å². The van der Waals surface area contributed by atoms with Gasteiger partial charge in [-0.15, -0.1) is 10.2 Å². The molecule has 1 aliphatic heterocycles. The van der Waals surface area contributed by atoms with E-state index < -0.39 is 11.7 Å². The van der Waals surface area contributed by atoms with Crippen LogP contribution in [-0.2, 0) is 23.8 Å². The van der Waals surface area contributed by atoms with Crippen molar-refractivity contribution in [2.45, 2.75) is 25.1 Å². The molecule has 4 N–H and O–H groups in total. The lowest BCUT2D eigenvalue weighted by molar-refractivity contribution is -0.137. The molecule has 1 amide bonds. The van der Waals surface area contributed by atoms with Gasteiger partial charge in [-0.1, -0.05) is 23.5 Å². The number of rotatable bonds is 6. The highest BCUT2D eigenvalue weighted by Gasteiger charge is 2.30. The number of anilines is 2. The molecule has 0 spiro atoms. The van der Waals surface area contributed by atoms with Crippen LogP contribution in [0.25, 0.3) is 10.6 Å². The highest BCUT2D eigenvalue weighted by molar-refractivity contribution is 7.18. The molecule has 0 saturated heterocycles. The molecule has 6 nitrogen and oxygen atoms in total. The fourth-order valence-corrected chi connectivity index (χ4v) is 3.94. The van der Waals surface area contributed by atoms with Crippen LogP contribution in [0, 0.1) is 0 Å². The van der Waals surface area contributed by atoms with E-state index in [9.17, 15) is 18.0 Å². The van der Waals surface area contributed by atoms with Gasteiger partial charge in [0.1, 0.15) is 5.01 Å². The van der Waals surface area contributed by atoms with E-state index in [1.54, 1.807) is 0 Å². The Labute approximate surface area is 174 Å². The number of fused-ring (bicyclic) bond motifs is 1. The van der Waals surface area contributed by atoms with Crippen LogP contribution in [0.4, 0.5) is 24.0 Å². The lowest BCUT2D eigenvalue weighted by Gasteiger charge is -2.13. The Hall–Kier alpha value is -2.98. The summed E-state index contributed by atoms with van der Waals surface area (Å²) in [7, 11) is 0. The Morgan fingerprint density at radius 1 is 1.17 bits per heavy atom. The minimum absolute atomic E-state index is 0.0243. The van der Waals surface area contributed by atoms with Crippen molar-refractivity contribution in [2.75, 3.05) is 17.2 Å². The number of nitrogens with two attached hydrogens (primary N) is 1. The number of carbonyl (C=O) groups is 1. The van der Waals surface area contributed by atoms with E-state index in [1.807, 2.05) is 18.2 Å². The molecule has 0 unspecified atom stereocenters. The van der Waals surface area contributed by atoms with Crippen LogP contribution in [0.5, 0.6) is 0 Å². The van der Waals surface area contributed by atoms with Gasteiger partial charge in [0.2, 0.25) is 11.0 Å². The fraction of sp³-hybridized carbons (Fsp3) is 0.250. The molecular weight excluding hydrogens is 415 g/mol. The van der Waals surface area contributed by atoms with Gasteiger partial charge in [0.25, 0.3) is 0 Å². The first-order valence-corrected chi connectivity index (χ1v) is 10.0. The summed E-state index contributed by atoms with van der Waals surface area (Å²) >= 11 is 1.37. The molecule has 0 bridgehead atoms. The highest BCUT2D eigenvalue weighted by Crippen LogP contribution is 2.32. The first-order chi connectivity index (χ1) is 14.3. The molecular formula is C20H18F3N5OS. The smallest absolute Gasteiger partial charge is 0.359 e. The molecule has 0 aliphatic carbocycles. The molecule has 10 heteroatoms. The van der Waals surface area contributed by atoms with Crippen LogP contribution >= 0.6 is 11.3 Å². The van der Waals surface area contributed by atoms with E-state index in [1.165, 1.54) is 23.5 Å². The van der Waals surface area contributed by atoms with E-state index in [4.69, 9.17) is 5.73 Å². The number of nitrogens with one attached hydrogen (secondary N) is 2. The lowest BCUT2D eigenvalue weighted by Crippen LogP contribution is -2.31. The third kappa shape index (κ3) is 4.60. The summed E-state index contributed by atoms with van der Waals surface area (Å²) in [5.41, 5.74) is 8.79. The lowest BCUT2D eigenvalue weighted by atomic mass is 10.0. The summed E-state index contributed by atoms with van der Waals surface area (Å²) < 4.78 is 37.9. The van der Waals surface area contributed by atoms with Crippen molar-refractivity contribution in [3.05, 3.63) is 59.2 Å². The van der Waals surface area contributed by atoms with Gasteiger partial charge >= 0.3 is 6.18 Å². The van der Waals surface area contributed by atoms with E-state index in [-0.39, 0.29) is 11.9 Å². The quantitative estimate of drug-likeness (QED) is 0.551.